The zero-order valence-corrected chi connectivity index (χ0v) is 14.0. The molecule has 0 unspecified atom stereocenters. The predicted molar refractivity (Wildman–Crippen MR) is 87.8 cm³/mol. The predicted octanol–water partition coefficient (Wildman–Crippen LogP) is 3.56. The molecule has 114 valence electrons. The van der Waals surface area contributed by atoms with Crippen LogP contribution in [0.1, 0.15) is 26.3 Å². The highest BCUT2D eigenvalue weighted by molar-refractivity contribution is 6.33. The Labute approximate surface area is 128 Å². The van der Waals surface area contributed by atoms with Crippen LogP contribution in [0.4, 0.5) is 5.69 Å². The number of nitrogens with one attached hydrogen (secondary N) is 1. The van der Waals surface area contributed by atoms with E-state index >= 15 is 0 Å². The molecule has 3 nitrogen and oxygen atoms in total. The lowest BCUT2D eigenvalue weighted by Gasteiger charge is -2.29. The molecule has 0 atom stereocenters. The van der Waals surface area contributed by atoms with Crippen molar-refractivity contribution in [2.75, 3.05) is 38.8 Å². The van der Waals surface area contributed by atoms with E-state index in [1.54, 1.807) is 7.11 Å². The molecule has 4 heteroatoms. The van der Waals surface area contributed by atoms with Gasteiger partial charge in [-0.15, -0.1) is 0 Å². The van der Waals surface area contributed by atoms with Crippen molar-refractivity contribution in [1.82, 2.24) is 5.32 Å². The maximum absolute atomic E-state index is 6.40. The van der Waals surface area contributed by atoms with Gasteiger partial charge < -0.3 is 15.0 Å². The van der Waals surface area contributed by atoms with Gasteiger partial charge in [-0.05, 0) is 23.1 Å². The normalized spacial score (nSPS) is 11.7. The monoisotopic (exact) mass is 298 g/mol. The summed E-state index contributed by atoms with van der Waals surface area (Å²) in [4.78, 5) is 2.21. The Bertz CT molecular complexity index is 415. The quantitative estimate of drug-likeness (QED) is 0.779. The van der Waals surface area contributed by atoms with Gasteiger partial charge in [0.25, 0.3) is 0 Å². The second-order valence-electron chi connectivity index (χ2n) is 6.37. The SMILES string of the molecule is COCCNCc1ccc(N(C)CC(C)(C)C)c(Cl)c1. The molecule has 0 aliphatic rings. The third-order valence-corrected chi connectivity index (χ3v) is 3.25. The molecule has 0 heterocycles. The minimum Gasteiger partial charge on any atom is -0.383 e. The molecule has 1 aromatic carbocycles. The summed E-state index contributed by atoms with van der Waals surface area (Å²) in [5.74, 6) is 0. The van der Waals surface area contributed by atoms with Crippen molar-refractivity contribution in [3.8, 4) is 0 Å². The van der Waals surface area contributed by atoms with Crippen LogP contribution in [-0.2, 0) is 11.3 Å². The van der Waals surface area contributed by atoms with E-state index in [-0.39, 0.29) is 5.41 Å². The highest BCUT2D eigenvalue weighted by Gasteiger charge is 2.15. The van der Waals surface area contributed by atoms with Crippen molar-refractivity contribution >= 4 is 17.3 Å². The number of hydrogen-bond donors (Lipinski definition) is 1. The van der Waals surface area contributed by atoms with Gasteiger partial charge in [0.15, 0.2) is 0 Å². The van der Waals surface area contributed by atoms with Gasteiger partial charge in [0.1, 0.15) is 0 Å². The Kier molecular flexibility index (Phi) is 6.80. The van der Waals surface area contributed by atoms with Crippen LogP contribution in [0.15, 0.2) is 18.2 Å². The lowest BCUT2D eigenvalue weighted by Crippen LogP contribution is -2.29. The van der Waals surface area contributed by atoms with Crippen LogP contribution in [0.2, 0.25) is 5.02 Å². The smallest absolute Gasteiger partial charge is 0.0642 e. The molecule has 0 radical (unpaired) electrons. The number of nitrogens with zero attached hydrogens (tertiary/aromatic N) is 1. The van der Waals surface area contributed by atoms with Gasteiger partial charge in [0, 0.05) is 33.8 Å². The molecule has 0 amide bonds. The molecule has 0 aliphatic heterocycles. The molecule has 0 saturated carbocycles. The van der Waals surface area contributed by atoms with Crippen LogP contribution in [0, 0.1) is 5.41 Å². The third kappa shape index (κ3) is 6.12. The van der Waals surface area contributed by atoms with Gasteiger partial charge in [0.05, 0.1) is 17.3 Å². The number of ether oxygens (including phenoxy) is 1. The van der Waals surface area contributed by atoms with E-state index in [1.807, 2.05) is 6.07 Å². The Hall–Kier alpha value is -0.770. The maximum Gasteiger partial charge on any atom is 0.0642 e. The van der Waals surface area contributed by atoms with Crippen molar-refractivity contribution in [3.05, 3.63) is 28.8 Å². The first-order chi connectivity index (χ1) is 9.33. The molecule has 20 heavy (non-hydrogen) atoms. The maximum atomic E-state index is 6.40. The van der Waals surface area contributed by atoms with Crippen LogP contribution in [0.25, 0.3) is 0 Å². The Morgan fingerprint density at radius 3 is 2.55 bits per heavy atom. The number of benzene rings is 1. The molecule has 1 N–H and O–H groups in total. The lowest BCUT2D eigenvalue weighted by molar-refractivity contribution is 0.199. The minimum atomic E-state index is 0.248. The van der Waals surface area contributed by atoms with Gasteiger partial charge in [-0.1, -0.05) is 38.4 Å². The second kappa shape index (κ2) is 7.87. The minimum absolute atomic E-state index is 0.248. The largest absolute Gasteiger partial charge is 0.383 e. The Balaban J connectivity index is 2.63. The summed E-state index contributed by atoms with van der Waals surface area (Å²) in [6.07, 6.45) is 0. The summed E-state index contributed by atoms with van der Waals surface area (Å²) in [5.41, 5.74) is 2.53. The number of anilines is 1. The van der Waals surface area contributed by atoms with Gasteiger partial charge in [-0.3, -0.25) is 0 Å². The summed E-state index contributed by atoms with van der Waals surface area (Å²) in [5, 5.41) is 4.13. The zero-order chi connectivity index (χ0) is 15.2. The molecule has 0 bridgehead atoms. The highest BCUT2D eigenvalue weighted by atomic mass is 35.5. The van der Waals surface area contributed by atoms with E-state index in [0.29, 0.717) is 0 Å². The number of hydrogen-bond acceptors (Lipinski definition) is 3. The summed E-state index contributed by atoms with van der Waals surface area (Å²) in [7, 11) is 3.79. The third-order valence-electron chi connectivity index (χ3n) is 2.95. The second-order valence-corrected chi connectivity index (χ2v) is 6.78. The summed E-state index contributed by atoms with van der Waals surface area (Å²) in [6.45, 7) is 10.0. The number of rotatable bonds is 7. The van der Waals surface area contributed by atoms with Gasteiger partial charge in [0.2, 0.25) is 0 Å². The van der Waals surface area contributed by atoms with E-state index in [4.69, 9.17) is 16.3 Å². The van der Waals surface area contributed by atoms with Crippen LogP contribution in [0.3, 0.4) is 0 Å². The number of methoxy groups -OCH3 is 1. The molecule has 0 fully saturated rings. The van der Waals surface area contributed by atoms with E-state index in [0.717, 1.165) is 37.0 Å². The zero-order valence-electron chi connectivity index (χ0n) is 13.3. The Morgan fingerprint density at radius 1 is 1.30 bits per heavy atom. The first-order valence-electron chi connectivity index (χ1n) is 7.03. The fourth-order valence-corrected chi connectivity index (χ4v) is 2.52. The standard InChI is InChI=1S/C16H27ClN2O/c1-16(2,3)12-19(4)15-7-6-13(10-14(15)17)11-18-8-9-20-5/h6-7,10,18H,8-9,11-12H2,1-5H3. The van der Waals surface area contributed by atoms with E-state index in [9.17, 15) is 0 Å². The summed E-state index contributed by atoms with van der Waals surface area (Å²) in [6, 6.07) is 6.26. The number of halogens is 1. The average Bonchev–Trinajstić information content (AvgIpc) is 2.32. The van der Waals surface area contributed by atoms with E-state index < -0.39 is 0 Å². The van der Waals surface area contributed by atoms with Crippen LogP contribution in [0.5, 0.6) is 0 Å². The summed E-state index contributed by atoms with van der Waals surface area (Å²) < 4.78 is 5.01. The van der Waals surface area contributed by atoms with E-state index in [2.05, 4.69) is 50.2 Å². The lowest BCUT2D eigenvalue weighted by atomic mass is 9.96. The molecule has 0 aromatic heterocycles. The van der Waals surface area contributed by atoms with E-state index in [1.165, 1.54) is 5.56 Å². The molecule has 0 spiro atoms. The van der Waals surface area contributed by atoms with Crippen LogP contribution < -0.4 is 10.2 Å². The topological polar surface area (TPSA) is 24.5 Å². The van der Waals surface area contributed by atoms with Crippen LogP contribution >= 0.6 is 11.6 Å². The van der Waals surface area contributed by atoms with Crippen molar-refractivity contribution in [2.45, 2.75) is 27.3 Å². The molecule has 1 rings (SSSR count). The molecule has 1 aromatic rings. The van der Waals surface area contributed by atoms with Crippen molar-refractivity contribution < 1.29 is 4.74 Å². The molecular weight excluding hydrogens is 272 g/mol. The molecular formula is C16H27ClN2O. The first kappa shape index (κ1) is 17.3. The van der Waals surface area contributed by atoms with Crippen molar-refractivity contribution in [3.63, 3.8) is 0 Å². The molecule has 0 saturated heterocycles. The van der Waals surface area contributed by atoms with Crippen molar-refractivity contribution in [2.24, 2.45) is 5.41 Å². The molecule has 0 aliphatic carbocycles. The highest BCUT2D eigenvalue weighted by Crippen LogP contribution is 2.28. The van der Waals surface area contributed by atoms with Gasteiger partial charge in [-0.2, -0.15) is 0 Å². The van der Waals surface area contributed by atoms with Gasteiger partial charge in [-0.25, -0.2) is 0 Å². The first-order valence-corrected chi connectivity index (χ1v) is 7.40. The van der Waals surface area contributed by atoms with Gasteiger partial charge >= 0.3 is 0 Å². The Morgan fingerprint density at radius 2 is 2.00 bits per heavy atom. The summed E-state index contributed by atoms with van der Waals surface area (Å²) >= 11 is 6.40. The van der Waals surface area contributed by atoms with Crippen molar-refractivity contribution in [1.29, 1.82) is 0 Å². The van der Waals surface area contributed by atoms with Crippen LogP contribution in [-0.4, -0.2) is 33.9 Å². The average molecular weight is 299 g/mol. The fraction of sp³-hybridized carbons (Fsp3) is 0.625. The fourth-order valence-electron chi connectivity index (χ4n) is 2.17.